The molecule has 0 saturated carbocycles. The third-order valence-electron chi connectivity index (χ3n) is 3.26. The minimum atomic E-state index is -0.836. The zero-order chi connectivity index (χ0) is 14.5. The lowest BCUT2D eigenvalue weighted by Crippen LogP contribution is -2.48. The maximum Gasteiger partial charge on any atom is 0.244 e. The van der Waals surface area contributed by atoms with Crippen molar-refractivity contribution in [2.45, 2.75) is 45.3 Å². The van der Waals surface area contributed by atoms with Gasteiger partial charge in [0.15, 0.2) is 0 Å². The third-order valence-corrected chi connectivity index (χ3v) is 3.26. The van der Waals surface area contributed by atoms with Gasteiger partial charge in [-0.2, -0.15) is 0 Å². The van der Waals surface area contributed by atoms with Gasteiger partial charge in [-0.3, -0.25) is 4.79 Å². The number of benzene rings is 1. The molecule has 1 aromatic carbocycles. The highest BCUT2D eigenvalue weighted by Crippen LogP contribution is 2.20. The van der Waals surface area contributed by atoms with Crippen molar-refractivity contribution >= 4 is 24.0 Å². The number of hydrogen-bond acceptors (Lipinski definition) is 3. The van der Waals surface area contributed by atoms with Gasteiger partial charge in [-0.25, -0.2) is 0 Å². The van der Waals surface area contributed by atoms with Crippen molar-refractivity contribution in [1.29, 1.82) is 0 Å². The Morgan fingerprint density at radius 1 is 1.50 bits per heavy atom. The molecule has 2 atom stereocenters. The summed E-state index contributed by atoms with van der Waals surface area (Å²) in [5.74, 6) is -0.156. The number of amides is 1. The van der Waals surface area contributed by atoms with E-state index in [4.69, 9.17) is 10.5 Å². The molecule has 1 amide bonds. The molecule has 5 heteroatoms. The van der Waals surface area contributed by atoms with Crippen LogP contribution >= 0.6 is 12.4 Å². The van der Waals surface area contributed by atoms with Crippen LogP contribution in [-0.4, -0.2) is 18.6 Å². The molecule has 0 fully saturated rings. The predicted molar refractivity (Wildman–Crippen MR) is 85.2 cm³/mol. The van der Waals surface area contributed by atoms with Crippen molar-refractivity contribution in [3.05, 3.63) is 29.8 Å². The molecule has 0 saturated heterocycles. The Morgan fingerprint density at radius 3 is 2.70 bits per heavy atom. The van der Waals surface area contributed by atoms with Crippen molar-refractivity contribution in [3.63, 3.8) is 0 Å². The van der Waals surface area contributed by atoms with Gasteiger partial charge in [0, 0.05) is 12.8 Å². The van der Waals surface area contributed by atoms with Crippen LogP contribution in [0.15, 0.2) is 24.3 Å². The summed E-state index contributed by atoms with van der Waals surface area (Å²) in [5, 5.41) is 2.87. The molecule has 4 nitrogen and oxygen atoms in total. The van der Waals surface area contributed by atoms with E-state index in [0.29, 0.717) is 6.42 Å². The fourth-order valence-electron chi connectivity index (χ4n) is 1.91. The lowest BCUT2D eigenvalue weighted by atomic mass is 9.96. The van der Waals surface area contributed by atoms with Crippen LogP contribution in [0.1, 0.15) is 45.3 Å². The monoisotopic (exact) mass is 300 g/mol. The quantitative estimate of drug-likeness (QED) is 0.847. The van der Waals surface area contributed by atoms with Crippen molar-refractivity contribution < 1.29 is 9.53 Å². The molecule has 3 N–H and O–H groups in total. The van der Waals surface area contributed by atoms with Gasteiger partial charge < -0.3 is 15.8 Å². The number of ether oxygens (including phenoxy) is 1. The Balaban J connectivity index is 0.00000361. The zero-order valence-corrected chi connectivity index (χ0v) is 13.4. The highest BCUT2D eigenvalue weighted by Gasteiger charge is 2.27. The van der Waals surface area contributed by atoms with Crippen molar-refractivity contribution in [3.8, 4) is 0 Å². The first kappa shape index (κ1) is 18.9. The van der Waals surface area contributed by atoms with Gasteiger partial charge in [0.05, 0.1) is 11.6 Å². The number of rotatable bonds is 6. The number of hydrogen-bond donors (Lipinski definition) is 2. The van der Waals surface area contributed by atoms with Gasteiger partial charge in [0.25, 0.3) is 0 Å². The van der Waals surface area contributed by atoms with Crippen molar-refractivity contribution in [1.82, 2.24) is 0 Å². The molecule has 1 aromatic rings. The fourth-order valence-corrected chi connectivity index (χ4v) is 1.91. The first-order valence-corrected chi connectivity index (χ1v) is 6.63. The molecule has 0 bridgehead atoms. The molecular formula is C15H25ClN2O2. The molecule has 0 radical (unpaired) electrons. The van der Waals surface area contributed by atoms with E-state index >= 15 is 0 Å². The van der Waals surface area contributed by atoms with E-state index in [0.717, 1.165) is 17.7 Å². The summed E-state index contributed by atoms with van der Waals surface area (Å²) in [6, 6.07) is 7.63. The second-order valence-corrected chi connectivity index (χ2v) is 5.12. The summed E-state index contributed by atoms with van der Waals surface area (Å²) in [6.07, 6.45) is 1.53. The molecule has 20 heavy (non-hydrogen) atoms. The number of nitrogens with two attached hydrogens (primary N) is 1. The zero-order valence-electron chi connectivity index (χ0n) is 12.6. The maximum absolute atomic E-state index is 12.1. The van der Waals surface area contributed by atoms with Gasteiger partial charge in [-0.15, -0.1) is 12.4 Å². The van der Waals surface area contributed by atoms with Crippen LogP contribution < -0.4 is 11.1 Å². The van der Waals surface area contributed by atoms with E-state index in [2.05, 4.69) is 5.32 Å². The normalized spacial score (nSPS) is 14.8. The highest BCUT2D eigenvalue weighted by molar-refractivity contribution is 5.97. The Morgan fingerprint density at radius 2 is 2.15 bits per heavy atom. The summed E-state index contributed by atoms with van der Waals surface area (Å²) in [6.45, 7) is 5.73. The third kappa shape index (κ3) is 5.12. The van der Waals surface area contributed by atoms with Gasteiger partial charge >= 0.3 is 0 Å². The van der Waals surface area contributed by atoms with E-state index < -0.39 is 5.54 Å². The second kappa shape index (κ2) is 8.25. The molecule has 0 aliphatic heterocycles. The van der Waals surface area contributed by atoms with Crippen LogP contribution in [0, 0.1) is 0 Å². The number of anilines is 1. The summed E-state index contributed by atoms with van der Waals surface area (Å²) in [4.78, 5) is 12.1. The molecule has 0 aliphatic carbocycles. The molecule has 114 valence electrons. The smallest absolute Gasteiger partial charge is 0.244 e. The molecule has 0 spiro atoms. The fraction of sp³-hybridized carbons (Fsp3) is 0.533. The van der Waals surface area contributed by atoms with Gasteiger partial charge in [-0.05, 0) is 38.0 Å². The van der Waals surface area contributed by atoms with E-state index in [9.17, 15) is 4.79 Å². The van der Waals surface area contributed by atoms with Gasteiger partial charge in [-0.1, -0.05) is 25.5 Å². The first-order chi connectivity index (χ1) is 8.90. The second-order valence-electron chi connectivity index (χ2n) is 5.12. The largest absolute Gasteiger partial charge is 0.377 e. The Labute approximate surface area is 127 Å². The van der Waals surface area contributed by atoms with Crippen LogP contribution in [-0.2, 0) is 9.53 Å². The van der Waals surface area contributed by atoms with Crippen LogP contribution in [0.2, 0.25) is 0 Å². The van der Waals surface area contributed by atoms with Crippen LogP contribution in [0.5, 0.6) is 0 Å². The average Bonchev–Trinajstić information content (AvgIpc) is 2.38. The number of methoxy groups -OCH3 is 1. The topological polar surface area (TPSA) is 64.4 Å². The highest BCUT2D eigenvalue weighted by atomic mass is 35.5. The number of nitrogens with one attached hydrogen (secondary N) is 1. The molecule has 2 unspecified atom stereocenters. The number of halogens is 1. The molecule has 1 rings (SSSR count). The van der Waals surface area contributed by atoms with E-state index in [1.54, 1.807) is 14.0 Å². The first-order valence-electron chi connectivity index (χ1n) is 6.63. The Kier molecular flexibility index (Phi) is 7.79. The number of carbonyl (C=O) groups excluding carboxylic acids is 1. The molecular weight excluding hydrogens is 276 g/mol. The van der Waals surface area contributed by atoms with Crippen LogP contribution in [0.4, 0.5) is 5.69 Å². The molecule has 0 aromatic heterocycles. The lowest BCUT2D eigenvalue weighted by molar-refractivity contribution is -0.120. The van der Waals surface area contributed by atoms with Crippen molar-refractivity contribution in [2.24, 2.45) is 5.73 Å². The summed E-state index contributed by atoms with van der Waals surface area (Å²) >= 11 is 0. The predicted octanol–water partition coefficient (Wildman–Crippen LogP) is 3.27. The van der Waals surface area contributed by atoms with Crippen molar-refractivity contribution in [2.75, 3.05) is 12.4 Å². The number of carbonyl (C=O) groups is 1. The Hall–Kier alpha value is -1.10. The van der Waals surface area contributed by atoms with E-state index in [-0.39, 0.29) is 24.4 Å². The molecule has 0 aliphatic rings. The van der Waals surface area contributed by atoms with Gasteiger partial charge in [0.1, 0.15) is 0 Å². The minimum Gasteiger partial charge on any atom is -0.377 e. The SMILES string of the molecule is CCCC(C)(N)C(=O)Nc1cccc(C(C)OC)c1.Cl. The summed E-state index contributed by atoms with van der Waals surface area (Å²) in [7, 11) is 1.66. The van der Waals surface area contributed by atoms with Crippen LogP contribution in [0.3, 0.4) is 0 Å². The lowest BCUT2D eigenvalue weighted by Gasteiger charge is -2.23. The van der Waals surface area contributed by atoms with Crippen LogP contribution in [0.25, 0.3) is 0 Å². The summed E-state index contributed by atoms with van der Waals surface area (Å²) in [5.41, 5.74) is 6.94. The maximum atomic E-state index is 12.1. The van der Waals surface area contributed by atoms with Gasteiger partial charge in [0.2, 0.25) is 5.91 Å². The standard InChI is InChI=1S/C15H24N2O2.ClH/c1-5-9-15(3,16)14(18)17-13-8-6-7-12(10-13)11(2)19-4;/h6-8,10-11H,5,9,16H2,1-4H3,(H,17,18);1H. The average molecular weight is 301 g/mol. The van der Waals surface area contributed by atoms with E-state index in [1.807, 2.05) is 38.1 Å². The molecule has 0 heterocycles. The minimum absolute atomic E-state index is 0. The Bertz CT molecular complexity index is 436. The van der Waals surface area contributed by atoms with E-state index in [1.165, 1.54) is 0 Å². The summed E-state index contributed by atoms with van der Waals surface area (Å²) < 4.78 is 5.26.